The third-order valence-electron chi connectivity index (χ3n) is 4.11. The molecule has 5 heteroatoms. The molecule has 2 unspecified atom stereocenters. The number of rotatable bonds is 5. The van der Waals surface area contributed by atoms with Crippen LogP contribution in [0.4, 0.5) is 0 Å². The first-order chi connectivity index (χ1) is 9.19. The topological polar surface area (TPSA) is 47.3 Å². The molecule has 1 saturated carbocycles. The molecule has 0 radical (unpaired) electrons. The Balaban J connectivity index is 2.19. The molecule has 1 aliphatic carbocycles. The molecule has 0 aromatic carbocycles. The second-order valence-electron chi connectivity index (χ2n) is 5.24. The highest BCUT2D eigenvalue weighted by molar-refractivity contribution is 6.31. The molecule has 0 aliphatic heterocycles. The van der Waals surface area contributed by atoms with Crippen LogP contribution in [0.15, 0.2) is 6.20 Å². The Morgan fingerprint density at radius 3 is 2.74 bits per heavy atom. The van der Waals surface area contributed by atoms with Gasteiger partial charge in [-0.05, 0) is 25.7 Å². The second-order valence-corrected chi connectivity index (χ2v) is 5.64. The Bertz CT molecular complexity index is 402. The van der Waals surface area contributed by atoms with Crippen LogP contribution in [0.5, 0.6) is 0 Å². The Hall–Kier alpha value is -0.580. The van der Waals surface area contributed by atoms with E-state index in [1.165, 1.54) is 19.3 Å². The van der Waals surface area contributed by atoms with Gasteiger partial charge in [0.1, 0.15) is 6.10 Å². The van der Waals surface area contributed by atoms with Crippen molar-refractivity contribution in [3.8, 4) is 0 Å². The number of aliphatic hydroxyl groups excluding tert-OH is 1. The first-order valence-electron chi connectivity index (χ1n) is 7.11. The van der Waals surface area contributed by atoms with Crippen LogP contribution >= 0.6 is 11.6 Å². The van der Waals surface area contributed by atoms with E-state index in [9.17, 15) is 5.11 Å². The highest BCUT2D eigenvalue weighted by atomic mass is 35.5. The van der Waals surface area contributed by atoms with E-state index >= 15 is 0 Å². The van der Waals surface area contributed by atoms with Crippen LogP contribution in [-0.2, 0) is 11.3 Å². The normalized spacial score (nSPS) is 20.4. The van der Waals surface area contributed by atoms with E-state index in [2.05, 4.69) is 5.10 Å². The zero-order chi connectivity index (χ0) is 13.8. The van der Waals surface area contributed by atoms with Gasteiger partial charge in [0.25, 0.3) is 0 Å². The maximum Gasteiger partial charge on any atom is 0.123 e. The number of hydrogen-bond acceptors (Lipinski definition) is 3. The zero-order valence-corrected chi connectivity index (χ0v) is 12.4. The molecule has 0 saturated heterocycles. The van der Waals surface area contributed by atoms with Crippen LogP contribution in [0.1, 0.15) is 50.8 Å². The number of aromatic nitrogens is 2. The Kier molecular flexibility index (Phi) is 5.25. The van der Waals surface area contributed by atoms with Crippen LogP contribution in [0.3, 0.4) is 0 Å². The summed E-state index contributed by atoms with van der Waals surface area (Å²) in [6.07, 6.45) is 6.66. The summed E-state index contributed by atoms with van der Waals surface area (Å²) in [6.45, 7) is 2.68. The van der Waals surface area contributed by atoms with Crippen LogP contribution in [-0.4, -0.2) is 28.1 Å². The number of halogens is 1. The maximum atomic E-state index is 10.6. The lowest BCUT2D eigenvalue weighted by Crippen LogP contribution is -2.32. The molecule has 1 N–H and O–H groups in total. The maximum absolute atomic E-state index is 10.6. The molecule has 19 heavy (non-hydrogen) atoms. The van der Waals surface area contributed by atoms with Crippen LogP contribution in [0, 0.1) is 5.92 Å². The van der Waals surface area contributed by atoms with E-state index in [0.29, 0.717) is 23.2 Å². The predicted octanol–water partition coefficient (Wildman–Crippen LogP) is 3.19. The van der Waals surface area contributed by atoms with Gasteiger partial charge in [-0.2, -0.15) is 5.10 Å². The van der Waals surface area contributed by atoms with Crippen molar-refractivity contribution in [2.45, 2.75) is 57.8 Å². The summed E-state index contributed by atoms with van der Waals surface area (Å²) in [5.41, 5.74) is 0.682. The van der Waals surface area contributed by atoms with E-state index in [4.69, 9.17) is 16.3 Å². The number of aliphatic hydroxyl groups is 1. The van der Waals surface area contributed by atoms with Crippen molar-refractivity contribution in [2.24, 2.45) is 5.92 Å². The number of methoxy groups -OCH3 is 1. The van der Waals surface area contributed by atoms with E-state index in [1.807, 2.05) is 6.92 Å². The summed E-state index contributed by atoms with van der Waals surface area (Å²) < 4.78 is 7.33. The summed E-state index contributed by atoms with van der Waals surface area (Å²) >= 11 is 6.16. The van der Waals surface area contributed by atoms with E-state index in [-0.39, 0.29) is 6.10 Å². The van der Waals surface area contributed by atoms with Crippen LogP contribution in [0.2, 0.25) is 5.02 Å². The number of hydrogen-bond donors (Lipinski definition) is 1. The molecule has 0 spiro atoms. The van der Waals surface area contributed by atoms with Crippen LogP contribution in [0.25, 0.3) is 0 Å². The predicted molar refractivity (Wildman–Crippen MR) is 75.2 cm³/mol. The van der Waals surface area contributed by atoms with Crippen molar-refractivity contribution >= 4 is 11.6 Å². The van der Waals surface area contributed by atoms with Gasteiger partial charge in [-0.25, -0.2) is 0 Å². The van der Waals surface area contributed by atoms with Crippen molar-refractivity contribution in [1.29, 1.82) is 0 Å². The molecule has 1 aromatic heterocycles. The van der Waals surface area contributed by atoms with Crippen molar-refractivity contribution in [3.63, 3.8) is 0 Å². The minimum absolute atomic E-state index is 0.195. The molecule has 0 amide bonds. The molecule has 108 valence electrons. The quantitative estimate of drug-likeness (QED) is 0.904. The smallest absolute Gasteiger partial charge is 0.123 e. The first kappa shape index (κ1) is 14.8. The molecule has 2 rings (SSSR count). The summed E-state index contributed by atoms with van der Waals surface area (Å²) in [7, 11) is 1.67. The molecule has 1 aliphatic rings. The molecule has 4 nitrogen and oxygen atoms in total. The van der Waals surface area contributed by atoms with E-state index in [0.717, 1.165) is 12.8 Å². The lowest BCUT2D eigenvalue weighted by Gasteiger charge is -2.32. The van der Waals surface area contributed by atoms with Gasteiger partial charge in [0.2, 0.25) is 0 Å². The molecular formula is C14H23ClN2O2. The lowest BCUT2D eigenvalue weighted by atomic mass is 9.82. The van der Waals surface area contributed by atoms with Crippen molar-refractivity contribution in [3.05, 3.63) is 16.9 Å². The van der Waals surface area contributed by atoms with Gasteiger partial charge in [-0.15, -0.1) is 0 Å². The molecule has 1 heterocycles. The largest absolute Gasteiger partial charge is 0.384 e. The summed E-state index contributed by atoms with van der Waals surface area (Å²) in [4.78, 5) is 0. The Morgan fingerprint density at radius 2 is 2.16 bits per heavy atom. The monoisotopic (exact) mass is 286 g/mol. The average molecular weight is 287 g/mol. The minimum Gasteiger partial charge on any atom is -0.384 e. The molecular weight excluding hydrogens is 264 g/mol. The van der Waals surface area contributed by atoms with E-state index in [1.54, 1.807) is 18.0 Å². The molecule has 0 bridgehead atoms. The van der Waals surface area contributed by atoms with Gasteiger partial charge in [-0.3, -0.25) is 4.68 Å². The van der Waals surface area contributed by atoms with Gasteiger partial charge >= 0.3 is 0 Å². The van der Waals surface area contributed by atoms with Crippen molar-refractivity contribution in [2.75, 3.05) is 7.11 Å². The molecule has 1 aromatic rings. The number of aryl methyl sites for hydroxylation is 1. The average Bonchev–Trinajstić information content (AvgIpc) is 2.81. The highest BCUT2D eigenvalue weighted by Gasteiger charge is 2.33. The third kappa shape index (κ3) is 3.12. The fraction of sp³-hybridized carbons (Fsp3) is 0.786. The standard InChI is InChI=1S/C14H23ClN2O2/c1-3-17-12(11(15)9-16-17)13(18)14(19-2)10-7-5-4-6-8-10/h9-10,13-14,18H,3-8H2,1-2H3. The first-order valence-corrected chi connectivity index (χ1v) is 7.48. The fourth-order valence-electron chi connectivity index (χ4n) is 3.12. The SMILES string of the molecule is CCn1ncc(Cl)c1C(O)C(OC)C1CCCCC1. The van der Waals surface area contributed by atoms with Gasteiger partial charge in [0, 0.05) is 13.7 Å². The van der Waals surface area contributed by atoms with Gasteiger partial charge in [0.05, 0.1) is 23.0 Å². The minimum atomic E-state index is -0.706. The Morgan fingerprint density at radius 1 is 1.47 bits per heavy atom. The molecule has 1 fully saturated rings. The van der Waals surface area contributed by atoms with Gasteiger partial charge in [0.15, 0.2) is 0 Å². The van der Waals surface area contributed by atoms with Crippen molar-refractivity contribution in [1.82, 2.24) is 9.78 Å². The highest BCUT2D eigenvalue weighted by Crippen LogP contribution is 2.36. The Labute approximate surface area is 119 Å². The van der Waals surface area contributed by atoms with Gasteiger partial charge in [-0.1, -0.05) is 30.9 Å². The van der Waals surface area contributed by atoms with E-state index < -0.39 is 6.10 Å². The zero-order valence-electron chi connectivity index (χ0n) is 11.7. The molecule has 2 atom stereocenters. The lowest BCUT2D eigenvalue weighted by molar-refractivity contribution is -0.0591. The van der Waals surface area contributed by atoms with Gasteiger partial charge < -0.3 is 9.84 Å². The van der Waals surface area contributed by atoms with Crippen molar-refractivity contribution < 1.29 is 9.84 Å². The second kappa shape index (κ2) is 6.73. The fourth-order valence-corrected chi connectivity index (χ4v) is 3.37. The summed E-state index contributed by atoms with van der Waals surface area (Å²) in [5, 5.41) is 15.4. The third-order valence-corrected chi connectivity index (χ3v) is 4.40. The summed E-state index contributed by atoms with van der Waals surface area (Å²) in [5.74, 6) is 0.407. The summed E-state index contributed by atoms with van der Waals surface area (Å²) in [6, 6.07) is 0. The van der Waals surface area contributed by atoms with Crippen LogP contribution < -0.4 is 0 Å². The number of nitrogens with zero attached hydrogens (tertiary/aromatic N) is 2. The number of ether oxygens (including phenoxy) is 1.